The zero-order valence-electron chi connectivity index (χ0n) is 15.5. The summed E-state index contributed by atoms with van der Waals surface area (Å²) in [5.41, 5.74) is 4.86. The summed E-state index contributed by atoms with van der Waals surface area (Å²) in [6, 6.07) is 2.21. The number of ether oxygens (including phenoxy) is 1. The number of hydrogen-bond acceptors (Lipinski definition) is 5. The summed E-state index contributed by atoms with van der Waals surface area (Å²) < 4.78 is 69.7. The normalized spacial score (nSPS) is 16.4. The van der Waals surface area contributed by atoms with E-state index in [1.165, 1.54) is 12.1 Å². The summed E-state index contributed by atoms with van der Waals surface area (Å²) in [6.45, 7) is -1.70. The van der Waals surface area contributed by atoms with Gasteiger partial charge in [-0.3, -0.25) is 14.5 Å². The number of nitrogens with zero attached hydrogens (tertiary/aromatic N) is 2. The molecule has 0 spiro atoms. The fourth-order valence-corrected chi connectivity index (χ4v) is 2.93. The second-order valence-corrected chi connectivity index (χ2v) is 6.44. The lowest BCUT2D eigenvalue weighted by atomic mass is 10.1. The first-order valence-corrected chi connectivity index (χ1v) is 8.61. The highest BCUT2D eigenvalue weighted by molar-refractivity contribution is 5.97. The van der Waals surface area contributed by atoms with Crippen LogP contribution in [0.4, 0.5) is 33.3 Å². The minimum Gasteiger partial charge on any atom is -0.370 e. The van der Waals surface area contributed by atoms with Crippen molar-refractivity contribution in [2.45, 2.75) is 18.6 Å². The molecule has 1 saturated heterocycles. The number of carbonyl (C=O) groups is 2. The minimum absolute atomic E-state index is 0.0177. The number of benzene rings is 1. The van der Waals surface area contributed by atoms with E-state index in [1.54, 1.807) is 0 Å². The maximum Gasteiger partial charge on any atom is 0.401 e. The van der Waals surface area contributed by atoms with E-state index in [0.29, 0.717) is 0 Å². The van der Waals surface area contributed by atoms with Crippen molar-refractivity contribution in [3.05, 3.63) is 23.8 Å². The van der Waals surface area contributed by atoms with Crippen LogP contribution in [0.1, 0.15) is 12.0 Å². The van der Waals surface area contributed by atoms with Gasteiger partial charge in [-0.1, -0.05) is 0 Å². The Labute approximate surface area is 163 Å². The van der Waals surface area contributed by atoms with Crippen molar-refractivity contribution in [3.63, 3.8) is 0 Å². The van der Waals surface area contributed by atoms with Crippen molar-refractivity contribution in [3.8, 4) is 0 Å². The molecule has 1 aliphatic rings. The molecule has 1 aliphatic heterocycles. The number of alkyl halides is 5. The van der Waals surface area contributed by atoms with Crippen LogP contribution < -0.4 is 16.0 Å². The van der Waals surface area contributed by atoms with Crippen molar-refractivity contribution >= 4 is 23.2 Å². The first-order valence-electron chi connectivity index (χ1n) is 8.61. The molecular formula is C17H21F5N4O3. The molecule has 2 amide bonds. The van der Waals surface area contributed by atoms with Crippen LogP contribution in [0.2, 0.25) is 0 Å². The summed E-state index contributed by atoms with van der Waals surface area (Å²) in [5.74, 6) is -1.35. The van der Waals surface area contributed by atoms with E-state index in [4.69, 9.17) is 10.5 Å². The number of likely N-dealkylation sites (N-methyl/N-ethyl adjacent to an activating group) is 1. The Morgan fingerprint density at radius 2 is 2.07 bits per heavy atom. The van der Waals surface area contributed by atoms with E-state index in [0.717, 1.165) is 22.9 Å². The van der Waals surface area contributed by atoms with Crippen LogP contribution in [0.25, 0.3) is 0 Å². The third kappa shape index (κ3) is 6.08. The molecule has 2 rings (SSSR count). The molecule has 0 aromatic heterocycles. The maximum atomic E-state index is 13.5. The predicted octanol–water partition coefficient (Wildman–Crippen LogP) is 1.75. The second kappa shape index (κ2) is 9.46. The van der Waals surface area contributed by atoms with Gasteiger partial charge >= 0.3 is 6.18 Å². The molecule has 0 saturated carbocycles. The van der Waals surface area contributed by atoms with E-state index in [-0.39, 0.29) is 31.1 Å². The van der Waals surface area contributed by atoms with Crippen LogP contribution in [0.3, 0.4) is 0 Å². The van der Waals surface area contributed by atoms with E-state index < -0.39 is 49.1 Å². The molecule has 3 N–H and O–H groups in total. The lowest BCUT2D eigenvalue weighted by Crippen LogP contribution is -2.49. The van der Waals surface area contributed by atoms with Gasteiger partial charge in [-0.2, -0.15) is 13.2 Å². The summed E-state index contributed by atoms with van der Waals surface area (Å²) in [7, 11) is 1.09. The molecule has 0 aliphatic carbocycles. The van der Waals surface area contributed by atoms with Gasteiger partial charge in [0, 0.05) is 24.3 Å². The van der Waals surface area contributed by atoms with E-state index in [9.17, 15) is 31.5 Å². The van der Waals surface area contributed by atoms with Gasteiger partial charge in [0.1, 0.15) is 12.6 Å². The van der Waals surface area contributed by atoms with Crippen LogP contribution in [0.15, 0.2) is 18.2 Å². The zero-order chi connectivity index (χ0) is 21.8. The van der Waals surface area contributed by atoms with Crippen molar-refractivity contribution in [1.82, 2.24) is 4.90 Å². The first-order chi connectivity index (χ1) is 13.5. The number of nitrogens with two attached hydrogens (primary N) is 1. The third-order valence-electron chi connectivity index (χ3n) is 4.29. The number of nitrogens with one attached hydrogen (secondary N) is 1. The molecule has 7 nitrogen and oxygen atoms in total. The number of hydrogen-bond donors (Lipinski definition) is 2. The highest BCUT2D eigenvalue weighted by atomic mass is 19.4. The standard InChI is InChI=1S/C17H21F5N4O3/c1-25(9-17(20,21)22)13(7-23)16(28)24-10-2-3-12(11(6-10)15(18)19)26-4-5-29-8-14(26)27/h2-3,6,13,15H,4-5,7-9,23H2,1H3,(H,24,28)/t13-/m0/s1. The highest BCUT2D eigenvalue weighted by Gasteiger charge is 2.34. The Kier molecular flexibility index (Phi) is 7.49. The Bertz CT molecular complexity index is 744. The Morgan fingerprint density at radius 1 is 1.38 bits per heavy atom. The van der Waals surface area contributed by atoms with Crippen molar-refractivity contribution in [2.75, 3.05) is 50.1 Å². The van der Waals surface area contributed by atoms with E-state index >= 15 is 0 Å². The Morgan fingerprint density at radius 3 is 2.62 bits per heavy atom. The van der Waals surface area contributed by atoms with Crippen molar-refractivity contribution in [2.24, 2.45) is 5.73 Å². The number of anilines is 2. The number of morpholine rings is 1. The summed E-state index contributed by atoms with van der Waals surface area (Å²) in [6.07, 6.45) is -7.48. The van der Waals surface area contributed by atoms with Crippen LogP contribution in [0, 0.1) is 0 Å². The van der Waals surface area contributed by atoms with E-state index in [2.05, 4.69) is 5.32 Å². The minimum atomic E-state index is -4.53. The van der Waals surface area contributed by atoms with Gasteiger partial charge in [0.25, 0.3) is 12.3 Å². The molecule has 0 unspecified atom stereocenters. The van der Waals surface area contributed by atoms with Crippen molar-refractivity contribution in [1.29, 1.82) is 0 Å². The molecule has 1 heterocycles. The first kappa shape index (κ1) is 23.0. The van der Waals surface area contributed by atoms with Gasteiger partial charge in [0.2, 0.25) is 5.91 Å². The van der Waals surface area contributed by atoms with Gasteiger partial charge in [0.05, 0.1) is 18.8 Å². The molecule has 1 aromatic rings. The molecule has 1 atom stereocenters. The Hall–Kier alpha value is -2.31. The zero-order valence-corrected chi connectivity index (χ0v) is 15.5. The average Bonchev–Trinajstić information content (AvgIpc) is 2.61. The summed E-state index contributed by atoms with van der Waals surface area (Å²) >= 11 is 0. The molecule has 29 heavy (non-hydrogen) atoms. The molecular weight excluding hydrogens is 403 g/mol. The second-order valence-electron chi connectivity index (χ2n) is 6.44. The topological polar surface area (TPSA) is 87.9 Å². The molecule has 0 bridgehead atoms. The molecule has 1 fully saturated rings. The van der Waals surface area contributed by atoms with Gasteiger partial charge in [-0.25, -0.2) is 8.78 Å². The van der Waals surface area contributed by atoms with Crippen molar-refractivity contribution < 1.29 is 36.3 Å². The number of halogens is 5. The fourth-order valence-electron chi connectivity index (χ4n) is 2.93. The van der Waals surface area contributed by atoms with Gasteiger partial charge < -0.3 is 20.7 Å². The molecule has 12 heteroatoms. The van der Waals surface area contributed by atoms with Gasteiger partial charge in [0.15, 0.2) is 0 Å². The van der Waals surface area contributed by atoms with Gasteiger partial charge in [-0.05, 0) is 25.2 Å². The predicted molar refractivity (Wildman–Crippen MR) is 94.7 cm³/mol. The quantitative estimate of drug-likeness (QED) is 0.652. The lowest BCUT2D eigenvalue weighted by molar-refractivity contribution is -0.150. The number of amides is 2. The third-order valence-corrected chi connectivity index (χ3v) is 4.29. The van der Waals surface area contributed by atoms with Crippen LogP contribution in [0.5, 0.6) is 0 Å². The average molecular weight is 424 g/mol. The largest absolute Gasteiger partial charge is 0.401 e. The monoisotopic (exact) mass is 424 g/mol. The molecule has 0 radical (unpaired) electrons. The lowest BCUT2D eigenvalue weighted by Gasteiger charge is -2.29. The highest BCUT2D eigenvalue weighted by Crippen LogP contribution is 2.33. The smallest absolute Gasteiger partial charge is 0.370 e. The van der Waals surface area contributed by atoms with Crippen LogP contribution in [-0.2, 0) is 14.3 Å². The summed E-state index contributed by atoms with van der Waals surface area (Å²) in [4.78, 5) is 26.1. The van der Waals surface area contributed by atoms with Crippen LogP contribution in [-0.4, -0.2) is 68.8 Å². The number of carbonyl (C=O) groups excluding carboxylic acids is 2. The Balaban J connectivity index is 2.21. The molecule has 162 valence electrons. The van der Waals surface area contributed by atoms with Crippen LogP contribution >= 0.6 is 0 Å². The molecule has 1 aromatic carbocycles. The summed E-state index contributed by atoms with van der Waals surface area (Å²) in [5, 5.41) is 2.31. The SMILES string of the molecule is CN(CC(F)(F)F)[C@@H](CN)C(=O)Nc1ccc(N2CCOCC2=O)c(C(F)F)c1. The van der Waals surface area contributed by atoms with Gasteiger partial charge in [-0.15, -0.1) is 0 Å². The van der Waals surface area contributed by atoms with E-state index in [1.807, 2.05) is 0 Å². The fraction of sp³-hybridized carbons (Fsp3) is 0.529. The maximum absolute atomic E-state index is 13.5. The number of rotatable bonds is 7.